The van der Waals surface area contributed by atoms with Gasteiger partial charge in [0, 0.05) is 6.20 Å². The van der Waals surface area contributed by atoms with Crippen LogP contribution in [0.3, 0.4) is 0 Å². The van der Waals surface area contributed by atoms with Crippen molar-refractivity contribution in [2.45, 2.75) is 12.8 Å². The quantitative estimate of drug-likeness (QED) is 0.526. The van der Waals surface area contributed by atoms with E-state index in [0.29, 0.717) is 18.1 Å². The predicted octanol–water partition coefficient (Wildman–Crippen LogP) is 2.30. The van der Waals surface area contributed by atoms with Crippen LogP contribution in [0.4, 0.5) is 0 Å². The van der Waals surface area contributed by atoms with Crippen molar-refractivity contribution in [2.75, 3.05) is 6.61 Å². The molecule has 0 atom stereocenters. The lowest BCUT2D eigenvalue weighted by Crippen LogP contribution is -2.00. The number of aromatic nitrogens is 1. The maximum Gasteiger partial charge on any atom is 0.231 e. The molecule has 0 bridgehead atoms. The molecule has 0 unspecified atom stereocenters. The van der Waals surface area contributed by atoms with Crippen LogP contribution < -0.4 is 4.74 Å². The lowest BCUT2D eigenvalue weighted by atomic mass is 10.3. The maximum absolute atomic E-state index is 8.73. The van der Waals surface area contributed by atoms with Crippen LogP contribution in [0, 0.1) is 11.3 Å². The third-order valence-corrected chi connectivity index (χ3v) is 1.68. The Morgan fingerprint density at radius 3 is 3.21 bits per heavy atom. The number of hydrogen-bond donors (Lipinski definition) is 0. The van der Waals surface area contributed by atoms with Crippen molar-refractivity contribution in [3.05, 3.63) is 36.5 Å². The average Bonchev–Trinajstić information content (AvgIpc) is 2.25. The zero-order valence-corrected chi connectivity index (χ0v) is 7.94. The molecular weight excluding hydrogens is 176 g/mol. The SMILES string of the molecule is C=CCCCOc1ncccc1C#N. The predicted molar refractivity (Wildman–Crippen MR) is 53.9 cm³/mol. The van der Waals surface area contributed by atoms with Crippen molar-refractivity contribution >= 4 is 0 Å². The topological polar surface area (TPSA) is 45.9 Å². The van der Waals surface area contributed by atoms with Crippen LogP contribution in [0.1, 0.15) is 18.4 Å². The number of rotatable bonds is 5. The molecule has 0 aromatic carbocycles. The van der Waals surface area contributed by atoms with Gasteiger partial charge in [0.2, 0.25) is 5.88 Å². The number of ether oxygens (including phenoxy) is 1. The van der Waals surface area contributed by atoms with E-state index >= 15 is 0 Å². The van der Waals surface area contributed by atoms with E-state index in [-0.39, 0.29) is 0 Å². The Labute approximate surface area is 83.7 Å². The molecule has 0 saturated carbocycles. The highest BCUT2D eigenvalue weighted by Gasteiger charge is 2.01. The summed E-state index contributed by atoms with van der Waals surface area (Å²) in [5.41, 5.74) is 0.478. The van der Waals surface area contributed by atoms with Gasteiger partial charge in [0.1, 0.15) is 11.6 Å². The molecule has 1 aromatic heterocycles. The van der Waals surface area contributed by atoms with Crippen LogP contribution in [0.15, 0.2) is 31.0 Å². The molecule has 0 radical (unpaired) electrons. The van der Waals surface area contributed by atoms with Gasteiger partial charge >= 0.3 is 0 Å². The molecule has 1 aromatic rings. The lowest BCUT2D eigenvalue weighted by molar-refractivity contribution is 0.299. The molecule has 1 heterocycles. The highest BCUT2D eigenvalue weighted by Crippen LogP contribution is 2.12. The molecule has 0 aliphatic rings. The number of allylic oxidation sites excluding steroid dienone is 1. The van der Waals surface area contributed by atoms with Gasteiger partial charge in [-0.1, -0.05) is 6.08 Å². The van der Waals surface area contributed by atoms with Crippen molar-refractivity contribution in [2.24, 2.45) is 0 Å². The van der Waals surface area contributed by atoms with E-state index in [1.54, 1.807) is 18.3 Å². The second-order valence-corrected chi connectivity index (χ2v) is 2.75. The second-order valence-electron chi connectivity index (χ2n) is 2.75. The Balaban J connectivity index is 2.50. The minimum atomic E-state index is 0.416. The molecule has 3 heteroatoms. The summed E-state index contributed by atoms with van der Waals surface area (Å²) >= 11 is 0. The molecule has 0 aliphatic carbocycles. The number of pyridine rings is 1. The molecule has 0 saturated heterocycles. The first-order chi connectivity index (χ1) is 6.88. The van der Waals surface area contributed by atoms with E-state index in [9.17, 15) is 0 Å². The average molecular weight is 188 g/mol. The molecule has 0 fully saturated rings. The highest BCUT2D eigenvalue weighted by molar-refractivity contribution is 5.36. The molecule has 0 amide bonds. The van der Waals surface area contributed by atoms with Gasteiger partial charge < -0.3 is 4.74 Å². The van der Waals surface area contributed by atoms with Crippen LogP contribution in [0.25, 0.3) is 0 Å². The van der Waals surface area contributed by atoms with Gasteiger partial charge in [-0.15, -0.1) is 6.58 Å². The number of unbranched alkanes of at least 4 members (excludes halogenated alkanes) is 1. The lowest BCUT2D eigenvalue weighted by Gasteiger charge is -2.04. The Morgan fingerprint density at radius 1 is 1.64 bits per heavy atom. The summed E-state index contributed by atoms with van der Waals surface area (Å²) in [5.74, 6) is 0.416. The Morgan fingerprint density at radius 2 is 2.50 bits per heavy atom. The first-order valence-corrected chi connectivity index (χ1v) is 4.47. The summed E-state index contributed by atoms with van der Waals surface area (Å²) in [6, 6.07) is 5.44. The van der Waals surface area contributed by atoms with E-state index in [1.165, 1.54) is 0 Å². The molecule has 72 valence electrons. The fourth-order valence-corrected chi connectivity index (χ4v) is 0.987. The number of hydrogen-bond acceptors (Lipinski definition) is 3. The van der Waals surface area contributed by atoms with E-state index in [2.05, 4.69) is 11.6 Å². The van der Waals surface area contributed by atoms with Crippen LogP contribution in [0.2, 0.25) is 0 Å². The summed E-state index contributed by atoms with van der Waals surface area (Å²) < 4.78 is 5.35. The Bertz CT molecular complexity index is 341. The monoisotopic (exact) mass is 188 g/mol. The molecule has 0 aliphatic heterocycles. The van der Waals surface area contributed by atoms with Gasteiger partial charge in [-0.2, -0.15) is 5.26 Å². The molecule has 14 heavy (non-hydrogen) atoms. The minimum absolute atomic E-state index is 0.416. The van der Waals surface area contributed by atoms with E-state index in [4.69, 9.17) is 10.00 Å². The van der Waals surface area contributed by atoms with Crippen LogP contribution in [-0.4, -0.2) is 11.6 Å². The van der Waals surface area contributed by atoms with Crippen LogP contribution in [0.5, 0.6) is 5.88 Å². The summed E-state index contributed by atoms with van der Waals surface area (Å²) in [6.45, 7) is 4.18. The number of nitriles is 1. The maximum atomic E-state index is 8.73. The van der Waals surface area contributed by atoms with Crippen molar-refractivity contribution in [1.82, 2.24) is 4.98 Å². The smallest absolute Gasteiger partial charge is 0.231 e. The van der Waals surface area contributed by atoms with E-state index in [1.807, 2.05) is 12.1 Å². The molecule has 1 rings (SSSR count). The third-order valence-electron chi connectivity index (χ3n) is 1.68. The number of nitrogens with zero attached hydrogens (tertiary/aromatic N) is 2. The van der Waals surface area contributed by atoms with Gasteiger partial charge in [0.15, 0.2) is 0 Å². The van der Waals surface area contributed by atoms with Gasteiger partial charge in [-0.05, 0) is 25.0 Å². The largest absolute Gasteiger partial charge is 0.477 e. The van der Waals surface area contributed by atoms with E-state index in [0.717, 1.165) is 12.8 Å². The summed E-state index contributed by atoms with van der Waals surface area (Å²) in [4.78, 5) is 3.98. The van der Waals surface area contributed by atoms with Crippen LogP contribution >= 0.6 is 0 Å². The first kappa shape index (κ1) is 10.3. The van der Waals surface area contributed by atoms with E-state index < -0.39 is 0 Å². The minimum Gasteiger partial charge on any atom is -0.477 e. The summed E-state index contributed by atoms with van der Waals surface area (Å²) in [7, 11) is 0. The van der Waals surface area contributed by atoms with Crippen LogP contribution in [-0.2, 0) is 0 Å². The van der Waals surface area contributed by atoms with Gasteiger partial charge in [0.25, 0.3) is 0 Å². The van der Waals surface area contributed by atoms with Crippen molar-refractivity contribution < 1.29 is 4.74 Å². The standard InChI is InChI=1S/C11H12N2O/c1-2-3-4-8-14-11-10(9-12)6-5-7-13-11/h2,5-7H,1,3-4,8H2. The van der Waals surface area contributed by atoms with Crippen molar-refractivity contribution in [3.8, 4) is 11.9 Å². The van der Waals surface area contributed by atoms with Gasteiger partial charge in [-0.25, -0.2) is 4.98 Å². The summed E-state index contributed by atoms with van der Waals surface area (Å²) in [5, 5.41) is 8.73. The zero-order valence-electron chi connectivity index (χ0n) is 7.94. The first-order valence-electron chi connectivity index (χ1n) is 4.47. The molecule has 3 nitrogen and oxygen atoms in total. The fourth-order valence-electron chi connectivity index (χ4n) is 0.987. The molecular formula is C11H12N2O. The highest BCUT2D eigenvalue weighted by atomic mass is 16.5. The van der Waals surface area contributed by atoms with Gasteiger partial charge in [-0.3, -0.25) is 0 Å². The Hall–Kier alpha value is -1.82. The van der Waals surface area contributed by atoms with Crippen molar-refractivity contribution in [3.63, 3.8) is 0 Å². The fraction of sp³-hybridized carbons (Fsp3) is 0.273. The Kier molecular flexibility index (Phi) is 4.22. The third kappa shape index (κ3) is 2.91. The summed E-state index contributed by atoms with van der Waals surface area (Å²) in [6.07, 6.45) is 5.26. The second kappa shape index (κ2) is 5.76. The van der Waals surface area contributed by atoms with Crippen molar-refractivity contribution in [1.29, 1.82) is 5.26 Å². The molecule has 0 spiro atoms. The molecule has 0 N–H and O–H groups in total. The zero-order chi connectivity index (χ0) is 10.2. The van der Waals surface area contributed by atoms with Gasteiger partial charge in [0.05, 0.1) is 6.61 Å². The normalized spacial score (nSPS) is 9.07.